The second-order valence-corrected chi connectivity index (χ2v) is 5.99. The maximum atomic E-state index is 12.8. The van der Waals surface area contributed by atoms with Crippen LogP contribution in [0.5, 0.6) is 11.5 Å². The average Bonchev–Trinajstić information content (AvgIpc) is 3.20. The average molecular weight is 363 g/mol. The quantitative estimate of drug-likeness (QED) is 0.554. The molecule has 136 valence electrons. The summed E-state index contributed by atoms with van der Waals surface area (Å²) < 4.78 is 17.8. The van der Waals surface area contributed by atoms with Gasteiger partial charge in [0.2, 0.25) is 11.3 Å². The number of hydrogen-bond acceptors (Lipinski definition) is 6. The molecular weight excluding hydrogens is 346 g/mol. The fourth-order valence-corrected chi connectivity index (χ4v) is 3.02. The van der Waals surface area contributed by atoms with Crippen molar-refractivity contribution >= 4 is 10.9 Å². The summed E-state index contributed by atoms with van der Waals surface area (Å²) in [6, 6.07) is 12.7. The summed E-state index contributed by atoms with van der Waals surface area (Å²) in [6.45, 7) is 0. The summed E-state index contributed by atoms with van der Waals surface area (Å²) in [4.78, 5) is 17.2. The normalized spacial score (nSPS) is 10.9. The van der Waals surface area contributed by atoms with Crippen molar-refractivity contribution in [3.63, 3.8) is 0 Å². The molecule has 0 radical (unpaired) electrons. The van der Waals surface area contributed by atoms with Crippen LogP contribution in [0.1, 0.15) is 0 Å². The van der Waals surface area contributed by atoms with Gasteiger partial charge in [-0.05, 0) is 30.3 Å². The number of pyridine rings is 1. The first-order chi connectivity index (χ1) is 13.1. The van der Waals surface area contributed by atoms with Crippen molar-refractivity contribution in [2.75, 3.05) is 14.2 Å². The Morgan fingerprint density at radius 1 is 1.04 bits per heavy atom. The summed E-state index contributed by atoms with van der Waals surface area (Å²) >= 11 is 0. The van der Waals surface area contributed by atoms with Gasteiger partial charge in [-0.3, -0.25) is 4.79 Å². The van der Waals surface area contributed by atoms with Crippen LogP contribution in [0.4, 0.5) is 0 Å². The first-order valence-electron chi connectivity index (χ1n) is 8.27. The molecule has 27 heavy (non-hydrogen) atoms. The zero-order valence-electron chi connectivity index (χ0n) is 15.1. The van der Waals surface area contributed by atoms with E-state index in [2.05, 4.69) is 10.1 Å². The van der Waals surface area contributed by atoms with Gasteiger partial charge in [0, 0.05) is 24.2 Å². The summed E-state index contributed by atoms with van der Waals surface area (Å²) in [5.41, 5.74) is 1.74. The fraction of sp³-hybridized carbons (Fsp3) is 0.150. The van der Waals surface area contributed by atoms with Gasteiger partial charge in [0.15, 0.2) is 11.5 Å². The van der Waals surface area contributed by atoms with Gasteiger partial charge < -0.3 is 18.6 Å². The smallest absolute Gasteiger partial charge is 0.263 e. The fourth-order valence-electron chi connectivity index (χ4n) is 3.02. The van der Waals surface area contributed by atoms with Crippen molar-refractivity contribution in [2.24, 2.45) is 7.05 Å². The molecule has 2 heterocycles. The van der Waals surface area contributed by atoms with Gasteiger partial charge in [-0.15, -0.1) is 0 Å². The Morgan fingerprint density at radius 2 is 1.81 bits per heavy atom. The number of aromatic nitrogens is 3. The lowest BCUT2D eigenvalue weighted by Gasteiger charge is -2.07. The molecule has 0 spiro atoms. The standard InChI is InChI=1S/C20H17N3O4/c1-23-11-14(18(24)13-6-4-5-7-15(13)23)20-21-19(22-27-20)12-8-9-16(25-2)17(10-12)26-3/h4-11H,1-3H3. The van der Waals surface area contributed by atoms with E-state index in [-0.39, 0.29) is 11.3 Å². The molecule has 4 rings (SSSR count). The van der Waals surface area contributed by atoms with Gasteiger partial charge in [0.05, 0.1) is 19.7 Å². The van der Waals surface area contributed by atoms with Gasteiger partial charge in [0.25, 0.3) is 5.89 Å². The number of ether oxygens (including phenoxy) is 2. The lowest BCUT2D eigenvalue weighted by molar-refractivity contribution is 0.355. The van der Waals surface area contributed by atoms with Crippen molar-refractivity contribution in [1.29, 1.82) is 0 Å². The van der Waals surface area contributed by atoms with Crippen LogP contribution in [0.15, 0.2) is 58.0 Å². The molecule has 2 aromatic heterocycles. The number of fused-ring (bicyclic) bond motifs is 1. The first-order valence-corrected chi connectivity index (χ1v) is 8.27. The molecule has 0 amide bonds. The van der Waals surface area contributed by atoms with E-state index in [1.54, 1.807) is 44.7 Å². The molecule has 4 aromatic rings. The Balaban J connectivity index is 1.81. The highest BCUT2D eigenvalue weighted by Crippen LogP contribution is 2.31. The Bertz CT molecular complexity index is 1190. The zero-order chi connectivity index (χ0) is 19.0. The van der Waals surface area contributed by atoms with Crippen LogP contribution < -0.4 is 14.9 Å². The van der Waals surface area contributed by atoms with Crippen molar-refractivity contribution in [2.45, 2.75) is 0 Å². The van der Waals surface area contributed by atoms with E-state index in [0.29, 0.717) is 33.8 Å². The molecule has 0 aliphatic heterocycles. The van der Waals surface area contributed by atoms with E-state index in [0.717, 1.165) is 5.52 Å². The summed E-state index contributed by atoms with van der Waals surface area (Å²) in [5, 5.41) is 4.61. The predicted molar refractivity (Wildman–Crippen MR) is 101 cm³/mol. The minimum Gasteiger partial charge on any atom is -0.493 e. The summed E-state index contributed by atoms with van der Waals surface area (Å²) in [5.74, 6) is 1.70. The Kier molecular flexibility index (Phi) is 4.12. The van der Waals surface area contributed by atoms with Crippen molar-refractivity contribution in [1.82, 2.24) is 14.7 Å². The van der Waals surface area contributed by atoms with E-state index in [1.807, 2.05) is 29.8 Å². The van der Waals surface area contributed by atoms with E-state index in [9.17, 15) is 4.79 Å². The molecular formula is C20H17N3O4. The van der Waals surface area contributed by atoms with Crippen molar-refractivity contribution in [3.05, 3.63) is 58.9 Å². The predicted octanol–water partition coefficient (Wildman–Crippen LogP) is 3.27. The molecule has 0 bridgehead atoms. The molecule has 0 fully saturated rings. The lowest BCUT2D eigenvalue weighted by Crippen LogP contribution is -2.10. The third kappa shape index (κ3) is 2.83. The molecule has 0 aliphatic rings. The SMILES string of the molecule is COc1ccc(-c2noc(-c3cn(C)c4ccccc4c3=O)n2)cc1OC. The molecule has 0 atom stereocenters. The Morgan fingerprint density at radius 3 is 2.59 bits per heavy atom. The molecule has 2 aromatic carbocycles. The molecule has 0 unspecified atom stereocenters. The number of aryl methyl sites for hydroxylation is 1. The third-order valence-electron chi connectivity index (χ3n) is 4.39. The van der Waals surface area contributed by atoms with E-state index in [4.69, 9.17) is 14.0 Å². The van der Waals surface area contributed by atoms with Crippen LogP contribution in [-0.2, 0) is 7.05 Å². The van der Waals surface area contributed by atoms with Gasteiger partial charge in [-0.2, -0.15) is 4.98 Å². The minimum absolute atomic E-state index is 0.147. The van der Waals surface area contributed by atoms with E-state index < -0.39 is 0 Å². The summed E-state index contributed by atoms with van der Waals surface area (Å²) in [7, 11) is 5.00. The number of para-hydroxylation sites is 1. The van der Waals surface area contributed by atoms with Gasteiger partial charge in [0.1, 0.15) is 5.56 Å². The van der Waals surface area contributed by atoms with Crippen LogP contribution in [-0.4, -0.2) is 28.9 Å². The molecule has 0 aliphatic carbocycles. The highest BCUT2D eigenvalue weighted by Gasteiger charge is 2.17. The highest BCUT2D eigenvalue weighted by molar-refractivity contribution is 5.82. The third-order valence-corrected chi connectivity index (χ3v) is 4.39. The second kappa shape index (κ2) is 6.60. The molecule has 0 saturated carbocycles. The second-order valence-electron chi connectivity index (χ2n) is 5.99. The van der Waals surface area contributed by atoms with E-state index >= 15 is 0 Å². The number of rotatable bonds is 4. The zero-order valence-corrected chi connectivity index (χ0v) is 15.1. The first kappa shape index (κ1) is 16.8. The minimum atomic E-state index is -0.147. The number of nitrogens with zero attached hydrogens (tertiary/aromatic N) is 3. The Labute approximate surface area is 154 Å². The molecule has 0 N–H and O–H groups in total. The van der Waals surface area contributed by atoms with Crippen LogP contribution in [0.2, 0.25) is 0 Å². The largest absolute Gasteiger partial charge is 0.493 e. The molecule has 0 saturated heterocycles. The van der Waals surface area contributed by atoms with Crippen LogP contribution >= 0.6 is 0 Å². The highest BCUT2D eigenvalue weighted by atomic mass is 16.5. The van der Waals surface area contributed by atoms with Gasteiger partial charge >= 0.3 is 0 Å². The Hall–Kier alpha value is -3.61. The number of methoxy groups -OCH3 is 2. The van der Waals surface area contributed by atoms with E-state index in [1.165, 1.54) is 0 Å². The topological polar surface area (TPSA) is 79.4 Å². The molecule has 7 heteroatoms. The van der Waals surface area contributed by atoms with Gasteiger partial charge in [-0.25, -0.2) is 0 Å². The maximum Gasteiger partial charge on any atom is 0.263 e. The van der Waals surface area contributed by atoms with Crippen molar-refractivity contribution in [3.8, 4) is 34.3 Å². The maximum absolute atomic E-state index is 12.8. The van der Waals surface area contributed by atoms with Gasteiger partial charge in [-0.1, -0.05) is 17.3 Å². The van der Waals surface area contributed by atoms with Crippen LogP contribution in [0, 0.1) is 0 Å². The molecule has 7 nitrogen and oxygen atoms in total. The van der Waals surface area contributed by atoms with Crippen LogP contribution in [0.25, 0.3) is 33.7 Å². The monoisotopic (exact) mass is 363 g/mol. The lowest BCUT2D eigenvalue weighted by atomic mass is 10.1. The van der Waals surface area contributed by atoms with Crippen LogP contribution in [0.3, 0.4) is 0 Å². The number of benzene rings is 2. The number of hydrogen-bond donors (Lipinski definition) is 0. The summed E-state index contributed by atoms with van der Waals surface area (Å²) in [6.07, 6.45) is 1.70. The van der Waals surface area contributed by atoms with Crippen molar-refractivity contribution < 1.29 is 14.0 Å².